The second-order valence-corrected chi connectivity index (χ2v) is 13.5. The largest absolute Gasteiger partial charge is 0.444 e. The molecule has 3 unspecified atom stereocenters. The summed E-state index contributed by atoms with van der Waals surface area (Å²) in [5, 5.41) is 8.44. The molecule has 35 heavy (non-hydrogen) atoms. The summed E-state index contributed by atoms with van der Waals surface area (Å²) < 4.78 is 7.81. The first kappa shape index (κ1) is 24.6. The molecule has 194 valence electrons. The Labute approximate surface area is 210 Å². The predicted molar refractivity (Wildman–Crippen MR) is 135 cm³/mol. The number of amides is 2. The zero-order chi connectivity index (χ0) is 25.2. The van der Waals surface area contributed by atoms with Gasteiger partial charge in [-0.25, -0.2) is 4.79 Å². The van der Waals surface area contributed by atoms with Gasteiger partial charge in [-0.05, 0) is 69.6 Å². The van der Waals surface area contributed by atoms with E-state index in [4.69, 9.17) is 9.84 Å². The summed E-state index contributed by atoms with van der Waals surface area (Å²) >= 11 is 0. The lowest BCUT2D eigenvalue weighted by Gasteiger charge is -2.43. The van der Waals surface area contributed by atoms with Crippen molar-refractivity contribution >= 4 is 12.0 Å². The van der Waals surface area contributed by atoms with E-state index in [0.717, 1.165) is 24.1 Å². The molecule has 3 atom stereocenters. The number of hydrogen-bond acceptors (Lipinski definition) is 4. The third-order valence-electron chi connectivity index (χ3n) is 9.42. The fourth-order valence-corrected chi connectivity index (χ4v) is 7.60. The molecule has 3 saturated carbocycles. The van der Waals surface area contributed by atoms with Gasteiger partial charge in [0.1, 0.15) is 5.60 Å². The lowest BCUT2D eigenvalue weighted by Crippen LogP contribution is -2.52. The summed E-state index contributed by atoms with van der Waals surface area (Å²) in [6.07, 6.45) is 9.92. The van der Waals surface area contributed by atoms with E-state index >= 15 is 0 Å². The van der Waals surface area contributed by atoms with Crippen LogP contribution in [0.5, 0.6) is 0 Å². The van der Waals surface area contributed by atoms with Gasteiger partial charge in [0.25, 0.3) is 5.91 Å². The first-order chi connectivity index (χ1) is 16.4. The topological polar surface area (TPSA) is 76.5 Å². The molecule has 3 aliphatic carbocycles. The van der Waals surface area contributed by atoms with Crippen molar-refractivity contribution in [1.29, 1.82) is 0 Å². The highest BCUT2D eigenvalue weighted by Gasteiger charge is 2.60. The Morgan fingerprint density at radius 1 is 1.09 bits per heavy atom. The van der Waals surface area contributed by atoms with Gasteiger partial charge in [-0.2, -0.15) is 5.10 Å². The van der Waals surface area contributed by atoms with Crippen LogP contribution in [-0.2, 0) is 17.7 Å². The van der Waals surface area contributed by atoms with Gasteiger partial charge in [0.2, 0.25) is 0 Å². The molecule has 7 nitrogen and oxygen atoms in total. The van der Waals surface area contributed by atoms with Crippen molar-refractivity contribution in [1.82, 2.24) is 20.0 Å². The Kier molecular flexibility index (Phi) is 5.99. The van der Waals surface area contributed by atoms with E-state index in [-0.39, 0.29) is 28.9 Å². The molecular weight excluding hydrogens is 440 g/mol. The fraction of sp³-hybridized carbons (Fsp3) is 0.821. The maximum atomic E-state index is 13.9. The van der Waals surface area contributed by atoms with Crippen LogP contribution in [-0.4, -0.2) is 44.9 Å². The van der Waals surface area contributed by atoms with E-state index in [1.165, 1.54) is 38.5 Å². The second kappa shape index (κ2) is 8.52. The number of rotatable bonds is 3. The Morgan fingerprint density at radius 3 is 2.43 bits per heavy atom. The molecule has 3 fully saturated rings. The molecule has 5 rings (SSSR count). The van der Waals surface area contributed by atoms with E-state index in [0.29, 0.717) is 37.2 Å². The van der Waals surface area contributed by atoms with Crippen LogP contribution in [0.2, 0.25) is 0 Å². The number of fused-ring (bicyclic) bond motifs is 3. The van der Waals surface area contributed by atoms with E-state index < -0.39 is 5.60 Å². The van der Waals surface area contributed by atoms with Gasteiger partial charge in [0, 0.05) is 30.3 Å². The lowest BCUT2D eigenvalue weighted by molar-refractivity contribution is 0.0220. The quantitative estimate of drug-likeness (QED) is 0.604. The average Bonchev–Trinajstić information content (AvgIpc) is 3.42. The first-order valence-electron chi connectivity index (χ1n) is 13.8. The van der Waals surface area contributed by atoms with Crippen molar-refractivity contribution in [2.24, 2.45) is 16.7 Å². The number of nitrogens with one attached hydrogen (secondary N) is 1. The molecule has 2 amide bonds. The molecule has 0 aromatic carbocycles. The number of hydrogen-bond donors (Lipinski definition) is 1. The van der Waals surface area contributed by atoms with Gasteiger partial charge in [0.05, 0.1) is 12.6 Å². The number of nitrogens with zero attached hydrogens (tertiary/aromatic N) is 3. The Bertz CT molecular complexity index is 996. The van der Waals surface area contributed by atoms with Crippen molar-refractivity contribution in [2.45, 2.75) is 124 Å². The molecule has 1 aromatic rings. The Balaban J connectivity index is 1.44. The van der Waals surface area contributed by atoms with Crippen molar-refractivity contribution < 1.29 is 14.3 Å². The molecule has 0 spiro atoms. The van der Waals surface area contributed by atoms with Crippen LogP contribution in [0.1, 0.15) is 121 Å². The van der Waals surface area contributed by atoms with Crippen LogP contribution >= 0.6 is 0 Å². The number of carbonyl (C=O) groups is 2. The summed E-state index contributed by atoms with van der Waals surface area (Å²) in [6.45, 7) is 13.6. The predicted octanol–water partition coefficient (Wildman–Crippen LogP) is 5.63. The van der Waals surface area contributed by atoms with Crippen molar-refractivity contribution in [2.75, 3.05) is 6.54 Å². The van der Waals surface area contributed by atoms with Gasteiger partial charge in [0.15, 0.2) is 5.69 Å². The summed E-state index contributed by atoms with van der Waals surface area (Å²) in [6, 6.07) is 0.492. The average molecular weight is 485 g/mol. The van der Waals surface area contributed by atoms with Crippen LogP contribution in [0.25, 0.3) is 0 Å². The zero-order valence-electron chi connectivity index (χ0n) is 22.6. The third kappa shape index (κ3) is 4.37. The minimum Gasteiger partial charge on any atom is -0.444 e. The molecule has 4 aliphatic rings. The molecule has 1 aliphatic heterocycles. The Morgan fingerprint density at radius 2 is 1.80 bits per heavy atom. The van der Waals surface area contributed by atoms with Crippen LogP contribution in [0.4, 0.5) is 4.79 Å². The molecule has 2 bridgehead atoms. The van der Waals surface area contributed by atoms with Crippen molar-refractivity contribution in [3.63, 3.8) is 0 Å². The monoisotopic (exact) mass is 484 g/mol. The van der Waals surface area contributed by atoms with E-state index in [9.17, 15) is 9.59 Å². The van der Waals surface area contributed by atoms with Crippen molar-refractivity contribution in [3.8, 4) is 0 Å². The third-order valence-corrected chi connectivity index (χ3v) is 9.42. The molecule has 2 heterocycles. The molecule has 1 N–H and O–H groups in total. The normalized spacial score (nSPS) is 30.3. The van der Waals surface area contributed by atoms with Gasteiger partial charge < -0.3 is 15.0 Å². The summed E-state index contributed by atoms with van der Waals surface area (Å²) in [5.74, 6) is 0.586. The van der Waals surface area contributed by atoms with E-state index in [2.05, 4.69) is 30.8 Å². The number of carbonyl (C=O) groups excluding carboxylic acids is 2. The van der Waals surface area contributed by atoms with E-state index in [1.807, 2.05) is 20.8 Å². The minimum atomic E-state index is -0.549. The highest BCUT2D eigenvalue weighted by atomic mass is 16.6. The smallest absolute Gasteiger partial charge is 0.410 e. The Hall–Kier alpha value is -2.05. The van der Waals surface area contributed by atoms with Crippen molar-refractivity contribution in [3.05, 3.63) is 17.0 Å². The molecule has 1 aromatic heterocycles. The van der Waals surface area contributed by atoms with Crippen LogP contribution < -0.4 is 5.32 Å². The lowest BCUT2D eigenvalue weighted by atomic mass is 9.68. The van der Waals surface area contributed by atoms with Gasteiger partial charge in [-0.1, -0.05) is 40.0 Å². The maximum Gasteiger partial charge on any atom is 0.410 e. The minimum absolute atomic E-state index is 0.0753. The highest BCUT2D eigenvalue weighted by Crippen LogP contribution is 2.62. The van der Waals surface area contributed by atoms with E-state index in [1.54, 1.807) is 4.90 Å². The summed E-state index contributed by atoms with van der Waals surface area (Å²) in [7, 11) is 0. The van der Waals surface area contributed by atoms with Crippen LogP contribution in [0.3, 0.4) is 0 Å². The van der Waals surface area contributed by atoms with Crippen LogP contribution in [0, 0.1) is 16.7 Å². The molecular formula is C28H44N4O3. The van der Waals surface area contributed by atoms with Gasteiger partial charge in [-0.15, -0.1) is 0 Å². The fourth-order valence-electron chi connectivity index (χ4n) is 7.60. The van der Waals surface area contributed by atoms with Gasteiger partial charge in [-0.3, -0.25) is 9.48 Å². The first-order valence-corrected chi connectivity index (χ1v) is 13.8. The van der Waals surface area contributed by atoms with Gasteiger partial charge >= 0.3 is 6.09 Å². The molecule has 0 saturated heterocycles. The van der Waals surface area contributed by atoms with Crippen LogP contribution in [0.15, 0.2) is 0 Å². The highest BCUT2D eigenvalue weighted by molar-refractivity contribution is 5.94. The maximum absolute atomic E-state index is 13.9. The summed E-state index contributed by atoms with van der Waals surface area (Å²) in [4.78, 5) is 28.5. The number of ether oxygens (including phenoxy) is 1. The number of aromatic nitrogens is 2. The molecule has 0 radical (unpaired) electrons. The SMILES string of the molecule is CC(C)(C)OC(=O)N1CCc2c(c(C(=O)NC3C4(C)CCC(C4)C3(C)C)nn2C2CCCCC2)C1. The summed E-state index contributed by atoms with van der Waals surface area (Å²) in [5.41, 5.74) is 2.25. The second-order valence-electron chi connectivity index (χ2n) is 13.5. The zero-order valence-corrected chi connectivity index (χ0v) is 22.6. The standard InChI is InChI=1S/C28H44N4O3/c1-26(2,3)35-25(34)31-15-13-21-20(17-31)22(30-32(21)19-10-8-7-9-11-19)23(33)29-24-27(4,5)18-12-14-28(24,6)16-18/h18-19,24H,7-17H2,1-6H3,(H,29,33). The molecule has 7 heteroatoms.